The zero-order valence-corrected chi connectivity index (χ0v) is 10.5. The van der Waals surface area contributed by atoms with Crippen molar-refractivity contribution in [2.45, 2.75) is 12.8 Å². The third kappa shape index (κ3) is 284. The maximum atomic E-state index is 6.75. The van der Waals surface area contributed by atoms with Crippen LogP contribution in [-0.2, 0) is 17.1 Å². The average molecular weight is 296 g/mol. The fraction of sp³-hybridized carbons (Fsp3) is 1.00. The van der Waals surface area contributed by atoms with Gasteiger partial charge in [0.2, 0.25) is 0 Å². The van der Waals surface area contributed by atoms with Crippen molar-refractivity contribution in [2.75, 3.05) is 26.2 Å². The molecule has 11 heteroatoms. The predicted octanol–water partition coefficient (Wildman–Crippen LogP) is 0.318. The van der Waals surface area contributed by atoms with Crippen molar-refractivity contribution < 1.29 is 17.1 Å². The summed E-state index contributed by atoms with van der Waals surface area (Å²) in [6, 6.07) is 0. The summed E-state index contributed by atoms with van der Waals surface area (Å²) in [6.45, 7) is 2.88. The normalized spacial score (nSPS) is 5.88. The third-order valence-corrected chi connectivity index (χ3v) is 0.816. The second-order valence-corrected chi connectivity index (χ2v) is 2.04. The van der Waals surface area contributed by atoms with Crippen molar-refractivity contribution in [3.63, 3.8) is 0 Å². The van der Waals surface area contributed by atoms with Crippen LogP contribution >= 0.6 is 0 Å². The molecule has 0 fully saturated rings. The maximum absolute atomic E-state index is 6.75. The summed E-state index contributed by atoms with van der Waals surface area (Å²) in [4.78, 5) is 3.00. The van der Waals surface area contributed by atoms with E-state index in [1.807, 2.05) is 0 Å². The molecule has 0 aliphatic heterocycles. The SMILES string of the molecule is NCCCN.NCCCN.[Cu+2].[N-]=[N+]=[N-].[N-]=[N+]=[N-]. The monoisotopic (exact) mass is 295 g/mol. The molecule has 0 aromatic heterocycles. The van der Waals surface area contributed by atoms with Crippen LogP contribution in [0.3, 0.4) is 0 Å². The minimum atomic E-state index is 0. The van der Waals surface area contributed by atoms with Crippen molar-refractivity contribution in [3.05, 3.63) is 31.9 Å². The standard InChI is InChI=1S/2C3H10N2.Cu.2N3/c2*4-2-1-3-5;;2*1-3-2/h2*1-5H2;;;/q;;+2;2*-1. The smallest absolute Gasteiger partial charge is 0.373 e. The number of nitrogens with zero attached hydrogens (tertiary/aromatic N) is 6. The Bertz CT molecular complexity index is 129. The van der Waals surface area contributed by atoms with Gasteiger partial charge in [-0.05, 0) is 39.0 Å². The first-order valence-corrected chi connectivity index (χ1v) is 4.43. The molecule has 0 rings (SSSR count). The summed E-state index contributed by atoms with van der Waals surface area (Å²) < 4.78 is 0. The summed E-state index contributed by atoms with van der Waals surface area (Å²) in [5, 5.41) is 0. The summed E-state index contributed by atoms with van der Waals surface area (Å²) in [5.41, 5.74) is 47.2. The van der Waals surface area contributed by atoms with Crippen molar-refractivity contribution in [3.8, 4) is 0 Å². The van der Waals surface area contributed by atoms with Gasteiger partial charge in [0.05, 0.1) is 0 Å². The molecule has 0 heterocycles. The number of rotatable bonds is 4. The fourth-order valence-electron chi connectivity index (χ4n) is 0.236. The molecule has 10 nitrogen and oxygen atoms in total. The van der Waals surface area contributed by atoms with Crippen LogP contribution in [0.1, 0.15) is 12.8 Å². The fourth-order valence-corrected chi connectivity index (χ4v) is 0.236. The van der Waals surface area contributed by atoms with Crippen LogP contribution in [0, 0.1) is 0 Å². The van der Waals surface area contributed by atoms with E-state index in [0.29, 0.717) is 0 Å². The van der Waals surface area contributed by atoms with E-state index in [9.17, 15) is 0 Å². The van der Waals surface area contributed by atoms with Gasteiger partial charge in [-0.3, -0.25) is 9.82 Å². The van der Waals surface area contributed by atoms with Crippen LogP contribution in [0.2, 0.25) is 0 Å². The molecule has 8 N–H and O–H groups in total. The molecule has 1 radical (unpaired) electrons. The van der Waals surface area contributed by atoms with Gasteiger partial charge in [-0.15, -0.1) is 0 Å². The van der Waals surface area contributed by atoms with E-state index < -0.39 is 0 Å². The molecule has 0 spiro atoms. The molecule has 0 saturated heterocycles. The molecule has 0 aromatic rings. The van der Waals surface area contributed by atoms with E-state index in [2.05, 4.69) is 0 Å². The zero-order chi connectivity index (χ0) is 13.7. The van der Waals surface area contributed by atoms with Gasteiger partial charge in [0.25, 0.3) is 0 Å². The molecule has 0 amide bonds. The second kappa shape index (κ2) is 60.1. The summed E-state index contributed by atoms with van der Waals surface area (Å²) in [7, 11) is 0. The Balaban J connectivity index is -0.0000000381. The Morgan fingerprint density at radius 3 is 0.706 bits per heavy atom. The van der Waals surface area contributed by atoms with Crippen LogP contribution in [0.15, 0.2) is 0 Å². The average Bonchev–Trinajstić information content (AvgIpc) is 2.23. The van der Waals surface area contributed by atoms with Gasteiger partial charge in [-0.1, -0.05) is 0 Å². The largest absolute Gasteiger partial charge is 2.00 e. The summed E-state index contributed by atoms with van der Waals surface area (Å²) in [6.07, 6.45) is 1.89. The van der Waals surface area contributed by atoms with Crippen LogP contribution in [0.5, 0.6) is 0 Å². The van der Waals surface area contributed by atoms with Gasteiger partial charge in [-0.25, -0.2) is 0 Å². The van der Waals surface area contributed by atoms with Crippen LogP contribution in [-0.4, -0.2) is 26.2 Å². The van der Waals surface area contributed by atoms with Gasteiger partial charge in [0.1, 0.15) is 0 Å². The zero-order valence-electron chi connectivity index (χ0n) is 9.54. The molecule has 0 bridgehead atoms. The van der Waals surface area contributed by atoms with Gasteiger partial charge < -0.3 is 45.1 Å². The van der Waals surface area contributed by atoms with Crippen molar-refractivity contribution >= 4 is 0 Å². The van der Waals surface area contributed by atoms with Gasteiger partial charge in [0.15, 0.2) is 0 Å². The Hall–Kier alpha value is -1.02. The van der Waals surface area contributed by atoms with E-state index in [1.54, 1.807) is 0 Å². The predicted molar refractivity (Wildman–Crippen MR) is 65.6 cm³/mol. The molecule has 105 valence electrons. The molecule has 0 aliphatic carbocycles. The van der Waals surface area contributed by atoms with Gasteiger partial charge in [-0.2, -0.15) is 0 Å². The number of hydrogen-bond acceptors (Lipinski definition) is 4. The van der Waals surface area contributed by atoms with Crippen molar-refractivity contribution in [2.24, 2.45) is 22.9 Å². The second-order valence-electron chi connectivity index (χ2n) is 2.04. The maximum Gasteiger partial charge on any atom is 2.00 e. The quantitative estimate of drug-likeness (QED) is 0.248. The van der Waals surface area contributed by atoms with Crippen LogP contribution in [0.25, 0.3) is 31.9 Å². The van der Waals surface area contributed by atoms with Crippen LogP contribution in [0.4, 0.5) is 0 Å². The van der Waals surface area contributed by atoms with Crippen molar-refractivity contribution in [1.82, 2.24) is 0 Å². The van der Waals surface area contributed by atoms with Crippen LogP contribution < -0.4 is 22.9 Å². The minimum Gasteiger partial charge on any atom is -0.373 e. The molecule has 0 saturated carbocycles. The van der Waals surface area contributed by atoms with Crippen molar-refractivity contribution in [1.29, 1.82) is 0 Å². The summed E-state index contributed by atoms with van der Waals surface area (Å²) in [5.74, 6) is 0. The summed E-state index contributed by atoms with van der Waals surface area (Å²) >= 11 is 0. The Morgan fingerprint density at radius 1 is 0.588 bits per heavy atom. The number of nitrogens with two attached hydrogens (primary N) is 4. The molecule has 17 heavy (non-hydrogen) atoms. The van der Waals surface area contributed by atoms with E-state index in [0.717, 1.165) is 39.0 Å². The number of hydrogen-bond donors (Lipinski definition) is 4. The minimum absolute atomic E-state index is 0. The van der Waals surface area contributed by atoms with E-state index in [4.69, 9.17) is 45.1 Å². The Kier molecular flexibility index (Phi) is 105. The first kappa shape index (κ1) is 29.7. The topological polar surface area (TPSA) is 221 Å². The van der Waals surface area contributed by atoms with E-state index in [1.165, 1.54) is 9.82 Å². The first-order valence-electron chi connectivity index (χ1n) is 4.43. The Morgan fingerprint density at radius 2 is 0.706 bits per heavy atom. The molecule has 0 aromatic carbocycles. The van der Waals surface area contributed by atoms with Gasteiger partial charge >= 0.3 is 17.1 Å². The third-order valence-electron chi connectivity index (χ3n) is 0.816. The molecule has 0 unspecified atom stereocenters. The first-order chi connectivity index (χ1) is 7.66. The molecule has 0 aliphatic rings. The molecular weight excluding hydrogens is 276 g/mol. The Labute approximate surface area is 111 Å². The van der Waals surface area contributed by atoms with E-state index in [-0.39, 0.29) is 17.1 Å². The van der Waals surface area contributed by atoms with Gasteiger partial charge in [0, 0.05) is 0 Å². The van der Waals surface area contributed by atoms with E-state index >= 15 is 0 Å². The molecular formula is C6H20CuN10. The molecule has 0 atom stereocenters.